The van der Waals surface area contributed by atoms with Crippen molar-refractivity contribution in [3.8, 4) is 0 Å². The molecular formula is C14H11ClF3N3O2. The molecule has 0 saturated carbocycles. The number of aromatic nitrogens is 2. The molecule has 0 aliphatic carbocycles. The summed E-state index contributed by atoms with van der Waals surface area (Å²) < 4.78 is 41.7. The molecule has 0 unspecified atom stereocenters. The topological polar surface area (TPSA) is 56.5 Å². The highest BCUT2D eigenvalue weighted by Gasteiger charge is 2.29. The van der Waals surface area contributed by atoms with Crippen LogP contribution in [0.3, 0.4) is 0 Å². The summed E-state index contributed by atoms with van der Waals surface area (Å²) in [5, 5.41) is 0.340. The van der Waals surface area contributed by atoms with Gasteiger partial charge in [-0.2, -0.15) is 18.2 Å². The highest BCUT2D eigenvalue weighted by Crippen LogP contribution is 2.14. The van der Waals surface area contributed by atoms with Crippen molar-refractivity contribution in [1.29, 1.82) is 0 Å². The SMILES string of the molecule is O=C(/N=c1\ccccn1Cc1ccc(Cl)nc1)OCC(F)(F)F. The molecule has 2 aromatic heterocycles. The van der Waals surface area contributed by atoms with Gasteiger partial charge in [0.1, 0.15) is 10.6 Å². The first kappa shape index (κ1) is 17.0. The van der Waals surface area contributed by atoms with Crippen LogP contribution < -0.4 is 5.49 Å². The van der Waals surface area contributed by atoms with E-state index in [9.17, 15) is 18.0 Å². The Bertz CT molecular complexity index is 742. The van der Waals surface area contributed by atoms with Crippen LogP contribution in [0, 0.1) is 0 Å². The number of pyridine rings is 2. The lowest BCUT2D eigenvalue weighted by atomic mass is 10.3. The van der Waals surface area contributed by atoms with Crippen molar-refractivity contribution in [2.24, 2.45) is 4.99 Å². The summed E-state index contributed by atoms with van der Waals surface area (Å²) in [6, 6.07) is 8.13. The highest BCUT2D eigenvalue weighted by molar-refractivity contribution is 6.29. The van der Waals surface area contributed by atoms with Crippen molar-refractivity contribution in [2.45, 2.75) is 12.7 Å². The molecule has 0 saturated heterocycles. The van der Waals surface area contributed by atoms with Crippen LogP contribution >= 0.6 is 11.6 Å². The van der Waals surface area contributed by atoms with Crippen molar-refractivity contribution < 1.29 is 22.7 Å². The summed E-state index contributed by atoms with van der Waals surface area (Å²) >= 11 is 5.70. The fourth-order valence-electron chi connectivity index (χ4n) is 1.67. The number of alkyl halides is 3. The van der Waals surface area contributed by atoms with Crippen molar-refractivity contribution in [1.82, 2.24) is 9.55 Å². The first-order chi connectivity index (χ1) is 10.8. The number of amides is 1. The van der Waals surface area contributed by atoms with Gasteiger partial charge in [-0.25, -0.2) is 9.78 Å². The minimum atomic E-state index is -4.59. The van der Waals surface area contributed by atoms with Gasteiger partial charge in [0.25, 0.3) is 0 Å². The molecule has 23 heavy (non-hydrogen) atoms. The van der Waals surface area contributed by atoms with E-state index in [1.807, 2.05) is 0 Å². The van der Waals surface area contributed by atoms with Crippen LogP contribution in [0.5, 0.6) is 0 Å². The average Bonchev–Trinajstić information content (AvgIpc) is 2.49. The van der Waals surface area contributed by atoms with Crippen LogP contribution in [0.15, 0.2) is 47.7 Å². The lowest BCUT2D eigenvalue weighted by Gasteiger charge is -2.08. The van der Waals surface area contributed by atoms with Crippen LogP contribution in [0.2, 0.25) is 5.15 Å². The molecule has 0 bridgehead atoms. The number of carbonyl (C=O) groups excluding carboxylic acids is 1. The van der Waals surface area contributed by atoms with Gasteiger partial charge in [-0.15, -0.1) is 0 Å². The number of hydrogen-bond donors (Lipinski definition) is 0. The van der Waals surface area contributed by atoms with Gasteiger partial charge in [-0.3, -0.25) is 0 Å². The molecule has 1 amide bonds. The summed E-state index contributed by atoms with van der Waals surface area (Å²) in [6.45, 7) is -1.36. The van der Waals surface area contributed by atoms with E-state index in [2.05, 4.69) is 14.7 Å². The van der Waals surface area contributed by atoms with E-state index < -0.39 is 18.9 Å². The normalized spacial score (nSPS) is 12.3. The fourth-order valence-corrected chi connectivity index (χ4v) is 1.78. The zero-order valence-electron chi connectivity index (χ0n) is 11.6. The Kier molecular flexibility index (Phi) is 5.38. The zero-order chi connectivity index (χ0) is 16.9. The number of hydrogen-bond acceptors (Lipinski definition) is 3. The number of carbonyl (C=O) groups is 1. The van der Waals surface area contributed by atoms with Crippen molar-refractivity contribution in [3.05, 3.63) is 58.9 Å². The maximum Gasteiger partial charge on any atom is 0.435 e. The third-order valence-corrected chi connectivity index (χ3v) is 2.85. The fraction of sp³-hybridized carbons (Fsp3) is 0.214. The van der Waals surface area contributed by atoms with Crippen molar-refractivity contribution in [3.63, 3.8) is 0 Å². The molecule has 0 aliphatic heterocycles. The minimum Gasteiger partial charge on any atom is -0.438 e. The molecule has 2 aromatic rings. The molecule has 0 aliphatic rings. The molecule has 0 N–H and O–H groups in total. The first-order valence-corrected chi connectivity index (χ1v) is 6.75. The predicted molar refractivity (Wildman–Crippen MR) is 75.7 cm³/mol. The quantitative estimate of drug-likeness (QED) is 0.803. The second-order valence-electron chi connectivity index (χ2n) is 4.46. The Hall–Kier alpha value is -2.35. The van der Waals surface area contributed by atoms with E-state index in [0.717, 1.165) is 5.56 Å². The van der Waals surface area contributed by atoms with Crippen LogP contribution in [0.25, 0.3) is 0 Å². The summed E-state index contributed by atoms with van der Waals surface area (Å²) in [5.74, 6) is 0. The largest absolute Gasteiger partial charge is 0.438 e. The van der Waals surface area contributed by atoms with Crippen LogP contribution in [-0.4, -0.2) is 28.4 Å². The zero-order valence-corrected chi connectivity index (χ0v) is 12.4. The lowest BCUT2D eigenvalue weighted by Crippen LogP contribution is -2.24. The number of nitrogens with zero attached hydrogens (tertiary/aromatic N) is 3. The number of ether oxygens (including phenoxy) is 1. The molecule has 9 heteroatoms. The second-order valence-corrected chi connectivity index (χ2v) is 4.84. The van der Waals surface area contributed by atoms with Crippen molar-refractivity contribution in [2.75, 3.05) is 6.61 Å². The summed E-state index contributed by atoms with van der Waals surface area (Å²) in [6.07, 6.45) is -2.72. The lowest BCUT2D eigenvalue weighted by molar-refractivity contribution is -0.159. The Morgan fingerprint density at radius 2 is 2.09 bits per heavy atom. The maximum atomic E-state index is 12.0. The van der Waals surface area contributed by atoms with E-state index in [-0.39, 0.29) is 5.49 Å². The van der Waals surface area contributed by atoms with Gasteiger partial charge >= 0.3 is 12.3 Å². The van der Waals surface area contributed by atoms with Crippen LogP contribution in [0.4, 0.5) is 18.0 Å². The third-order valence-electron chi connectivity index (χ3n) is 2.62. The van der Waals surface area contributed by atoms with E-state index in [1.54, 1.807) is 41.2 Å². The van der Waals surface area contributed by atoms with Crippen molar-refractivity contribution >= 4 is 17.7 Å². The van der Waals surface area contributed by atoms with Crippen LogP contribution in [0.1, 0.15) is 5.56 Å². The molecule has 2 rings (SSSR count). The predicted octanol–water partition coefficient (Wildman–Crippen LogP) is 3.18. The van der Waals surface area contributed by atoms with E-state index in [0.29, 0.717) is 11.7 Å². The Morgan fingerprint density at radius 1 is 1.30 bits per heavy atom. The second kappa shape index (κ2) is 7.28. The average molecular weight is 346 g/mol. The smallest absolute Gasteiger partial charge is 0.435 e. The Balaban J connectivity index is 2.18. The van der Waals surface area contributed by atoms with Gasteiger partial charge in [-0.1, -0.05) is 23.7 Å². The Morgan fingerprint density at radius 3 is 2.74 bits per heavy atom. The van der Waals surface area contributed by atoms with E-state index >= 15 is 0 Å². The molecule has 0 fully saturated rings. The Labute approximate surface area is 134 Å². The van der Waals surface area contributed by atoms with E-state index in [1.165, 1.54) is 6.07 Å². The summed E-state index contributed by atoms with van der Waals surface area (Å²) in [4.78, 5) is 18.8. The minimum absolute atomic E-state index is 0.162. The maximum absolute atomic E-state index is 12.0. The highest BCUT2D eigenvalue weighted by atomic mass is 35.5. The number of rotatable bonds is 3. The first-order valence-electron chi connectivity index (χ1n) is 6.38. The van der Waals surface area contributed by atoms with Crippen LogP contribution in [-0.2, 0) is 11.3 Å². The van der Waals surface area contributed by atoms with Gasteiger partial charge < -0.3 is 9.30 Å². The van der Waals surface area contributed by atoms with E-state index in [4.69, 9.17) is 11.6 Å². The third kappa shape index (κ3) is 5.74. The van der Waals surface area contributed by atoms with Gasteiger partial charge in [0.2, 0.25) is 0 Å². The molecule has 122 valence electrons. The molecule has 5 nitrogen and oxygen atoms in total. The standard InChI is InChI=1S/C14H11ClF3N3O2/c15-11-5-4-10(7-19-11)8-21-6-2-1-3-12(21)20-13(22)23-9-14(16,17)18/h1-7H,8-9H2/b20-12+. The molecule has 0 spiro atoms. The number of halogens is 4. The van der Waals surface area contributed by atoms with Gasteiger partial charge in [0.15, 0.2) is 6.61 Å². The summed E-state index contributed by atoms with van der Waals surface area (Å²) in [5.41, 5.74) is 0.945. The molecule has 0 radical (unpaired) electrons. The summed E-state index contributed by atoms with van der Waals surface area (Å²) in [7, 11) is 0. The monoisotopic (exact) mass is 345 g/mol. The van der Waals surface area contributed by atoms with Gasteiger partial charge in [0, 0.05) is 12.4 Å². The molecule has 0 atom stereocenters. The molecule has 2 heterocycles. The molecular weight excluding hydrogens is 335 g/mol. The molecule has 0 aromatic carbocycles. The van der Waals surface area contributed by atoms with Gasteiger partial charge in [-0.05, 0) is 23.8 Å². The van der Waals surface area contributed by atoms with Gasteiger partial charge in [0.05, 0.1) is 6.54 Å².